The lowest BCUT2D eigenvalue weighted by Gasteiger charge is -2.35. The number of hydrogen-bond donors (Lipinski definition) is 0. The maximum atomic E-state index is 2.43. The molecule has 0 heterocycles. The summed E-state index contributed by atoms with van der Waals surface area (Å²) in [5.74, 6) is 2.87. The fraction of sp³-hybridized carbons (Fsp3) is 0.778. The Balaban J connectivity index is 2.20. The van der Waals surface area contributed by atoms with Crippen LogP contribution in [0.25, 0.3) is 0 Å². The molecule has 0 aromatic rings. The van der Waals surface area contributed by atoms with Crippen LogP contribution in [0.1, 0.15) is 26.2 Å². The van der Waals surface area contributed by atoms with E-state index in [1.165, 1.54) is 19.3 Å². The summed E-state index contributed by atoms with van der Waals surface area (Å²) in [6.45, 7) is 2.39. The Labute approximate surface area is 57.0 Å². The number of allylic oxidation sites excluding steroid dienone is 2. The van der Waals surface area contributed by atoms with E-state index in [1.54, 1.807) is 0 Å². The molecule has 2 unspecified atom stereocenters. The van der Waals surface area contributed by atoms with E-state index in [0.29, 0.717) is 0 Å². The number of hydrogen-bond acceptors (Lipinski definition) is 0. The SMILES string of the molecule is C[C@H]1CC2C=CC1CC2. The van der Waals surface area contributed by atoms with E-state index in [0.717, 1.165) is 17.8 Å². The Morgan fingerprint density at radius 1 is 1.22 bits per heavy atom. The molecule has 0 amide bonds. The minimum absolute atomic E-state index is 0.940. The highest BCUT2D eigenvalue weighted by Crippen LogP contribution is 2.39. The van der Waals surface area contributed by atoms with Crippen molar-refractivity contribution < 1.29 is 0 Å². The van der Waals surface area contributed by atoms with E-state index in [9.17, 15) is 0 Å². The summed E-state index contributed by atoms with van der Waals surface area (Å²) in [6, 6.07) is 0. The lowest BCUT2D eigenvalue weighted by molar-refractivity contribution is 0.238. The second-order valence-electron chi connectivity index (χ2n) is 3.60. The summed E-state index contributed by atoms with van der Waals surface area (Å²) in [4.78, 5) is 0. The van der Waals surface area contributed by atoms with Crippen molar-refractivity contribution in [2.24, 2.45) is 17.8 Å². The average molecular weight is 122 g/mol. The van der Waals surface area contributed by atoms with Gasteiger partial charge in [0.2, 0.25) is 0 Å². The fourth-order valence-electron chi connectivity index (χ4n) is 2.22. The summed E-state index contributed by atoms with van der Waals surface area (Å²) in [7, 11) is 0. The minimum atomic E-state index is 0.940. The molecule has 0 saturated heterocycles. The minimum Gasteiger partial charge on any atom is -0.0851 e. The lowest BCUT2D eigenvalue weighted by Crippen LogP contribution is -2.24. The van der Waals surface area contributed by atoms with Crippen LogP contribution < -0.4 is 0 Å². The topological polar surface area (TPSA) is 0 Å². The van der Waals surface area contributed by atoms with Crippen molar-refractivity contribution in [2.75, 3.05) is 0 Å². The summed E-state index contributed by atoms with van der Waals surface area (Å²) in [5, 5.41) is 0. The molecule has 0 aliphatic heterocycles. The van der Waals surface area contributed by atoms with Crippen molar-refractivity contribution in [3.63, 3.8) is 0 Å². The molecule has 0 aromatic carbocycles. The second-order valence-corrected chi connectivity index (χ2v) is 3.60. The van der Waals surface area contributed by atoms with Crippen molar-refractivity contribution in [3.05, 3.63) is 12.2 Å². The third-order valence-corrected chi connectivity index (χ3v) is 2.91. The lowest BCUT2D eigenvalue weighted by atomic mass is 9.70. The third kappa shape index (κ3) is 0.810. The molecule has 1 saturated carbocycles. The first-order valence-corrected chi connectivity index (χ1v) is 4.04. The molecule has 3 rings (SSSR count). The molecule has 0 nitrogen and oxygen atoms in total. The molecule has 0 aromatic heterocycles. The molecule has 9 heavy (non-hydrogen) atoms. The fourth-order valence-corrected chi connectivity index (χ4v) is 2.22. The van der Waals surface area contributed by atoms with Crippen LogP contribution in [-0.2, 0) is 0 Å². The Bertz CT molecular complexity index is 135. The Morgan fingerprint density at radius 2 is 2.11 bits per heavy atom. The van der Waals surface area contributed by atoms with Crippen molar-refractivity contribution >= 4 is 0 Å². The predicted molar refractivity (Wildman–Crippen MR) is 39.1 cm³/mol. The summed E-state index contributed by atoms with van der Waals surface area (Å²) in [6.07, 6.45) is 9.24. The van der Waals surface area contributed by atoms with Gasteiger partial charge < -0.3 is 0 Å². The largest absolute Gasteiger partial charge is 0.0851 e. The molecule has 3 atom stereocenters. The molecule has 3 aliphatic carbocycles. The van der Waals surface area contributed by atoms with E-state index in [4.69, 9.17) is 0 Å². The normalized spacial score (nSPS) is 47.9. The molecule has 2 bridgehead atoms. The van der Waals surface area contributed by atoms with E-state index >= 15 is 0 Å². The molecular formula is C9H14. The summed E-state index contributed by atoms with van der Waals surface area (Å²) < 4.78 is 0. The maximum Gasteiger partial charge on any atom is -0.0207 e. The summed E-state index contributed by atoms with van der Waals surface area (Å²) in [5.41, 5.74) is 0. The van der Waals surface area contributed by atoms with Gasteiger partial charge >= 0.3 is 0 Å². The molecule has 0 spiro atoms. The zero-order chi connectivity index (χ0) is 6.27. The van der Waals surface area contributed by atoms with Crippen molar-refractivity contribution in [1.82, 2.24) is 0 Å². The van der Waals surface area contributed by atoms with E-state index in [2.05, 4.69) is 19.1 Å². The van der Waals surface area contributed by atoms with Gasteiger partial charge in [-0.15, -0.1) is 0 Å². The highest BCUT2D eigenvalue weighted by atomic mass is 14.3. The maximum absolute atomic E-state index is 2.43. The van der Waals surface area contributed by atoms with Crippen molar-refractivity contribution in [3.8, 4) is 0 Å². The van der Waals surface area contributed by atoms with Gasteiger partial charge in [0, 0.05) is 0 Å². The van der Waals surface area contributed by atoms with Gasteiger partial charge in [-0.3, -0.25) is 0 Å². The molecule has 0 radical (unpaired) electrons. The summed E-state index contributed by atoms with van der Waals surface area (Å²) >= 11 is 0. The van der Waals surface area contributed by atoms with Gasteiger partial charge in [0.25, 0.3) is 0 Å². The molecule has 0 heteroatoms. The van der Waals surface area contributed by atoms with Gasteiger partial charge in [0.05, 0.1) is 0 Å². The van der Waals surface area contributed by atoms with Crippen LogP contribution in [0.15, 0.2) is 12.2 Å². The molecule has 3 aliphatic rings. The van der Waals surface area contributed by atoms with Gasteiger partial charge in [-0.05, 0) is 37.0 Å². The van der Waals surface area contributed by atoms with Gasteiger partial charge in [-0.2, -0.15) is 0 Å². The highest BCUT2D eigenvalue weighted by molar-refractivity contribution is 5.04. The van der Waals surface area contributed by atoms with Gasteiger partial charge in [0.1, 0.15) is 0 Å². The number of rotatable bonds is 0. The third-order valence-electron chi connectivity index (χ3n) is 2.91. The van der Waals surface area contributed by atoms with Crippen molar-refractivity contribution in [2.45, 2.75) is 26.2 Å². The average Bonchev–Trinajstić information content (AvgIpc) is 1.90. The zero-order valence-electron chi connectivity index (χ0n) is 6.01. The Morgan fingerprint density at radius 3 is 2.33 bits per heavy atom. The van der Waals surface area contributed by atoms with E-state index in [-0.39, 0.29) is 0 Å². The van der Waals surface area contributed by atoms with Crippen LogP contribution in [0.3, 0.4) is 0 Å². The zero-order valence-corrected chi connectivity index (χ0v) is 6.01. The van der Waals surface area contributed by atoms with Crippen LogP contribution in [0.2, 0.25) is 0 Å². The van der Waals surface area contributed by atoms with Crippen molar-refractivity contribution in [1.29, 1.82) is 0 Å². The first kappa shape index (κ1) is 5.52. The number of fused-ring (bicyclic) bond motifs is 2. The monoisotopic (exact) mass is 122 g/mol. The van der Waals surface area contributed by atoms with Gasteiger partial charge in [-0.1, -0.05) is 19.1 Å². The van der Waals surface area contributed by atoms with Crippen LogP contribution in [-0.4, -0.2) is 0 Å². The highest BCUT2D eigenvalue weighted by Gasteiger charge is 2.28. The van der Waals surface area contributed by atoms with Crippen LogP contribution >= 0.6 is 0 Å². The quantitative estimate of drug-likeness (QED) is 0.433. The molecule has 0 N–H and O–H groups in total. The Kier molecular flexibility index (Phi) is 1.14. The second kappa shape index (κ2) is 1.86. The smallest absolute Gasteiger partial charge is 0.0207 e. The standard InChI is InChI=1S/C9H14/c1-7-6-8-2-4-9(7)5-3-8/h2,4,7-9H,3,5-6H2,1H3/t7-,8?,9?/m0/s1. The first-order valence-electron chi connectivity index (χ1n) is 4.04. The molecular weight excluding hydrogens is 108 g/mol. The van der Waals surface area contributed by atoms with E-state index in [1.807, 2.05) is 0 Å². The predicted octanol–water partition coefficient (Wildman–Crippen LogP) is 2.61. The molecule has 50 valence electrons. The van der Waals surface area contributed by atoms with E-state index < -0.39 is 0 Å². The van der Waals surface area contributed by atoms with Gasteiger partial charge in [0.15, 0.2) is 0 Å². The van der Waals surface area contributed by atoms with Crippen LogP contribution in [0, 0.1) is 17.8 Å². The van der Waals surface area contributed by atoms with Gasteiger partial charge in [-0.25, -0.2) is 0 Å². The first-order chi connectivity index (χ1) is 4.36. The van der Waals surface area contributed by atoms with Crippen LogP contribution in [0.4, 0.5) is 0 Å². The van der Waals surface area contributed by atoms with Crippen LogP contribution in [0.5, 0.6) is 0 Å². The Hall–Kier alpha value is -0.260. The molecule has 1 fully saturated rings.